The fourth-order valence-corrected chi connectivity index (χ4v) is 2.08. The normalized spacial score (nSPS) is 11.5. The zero-order chi connectivity index (χ0) is 15.2. The van der Waals surface area contributed by atoms with Gasteiger partial charge in [-0.15, -0.1) is 0 Å². The molecule has 2 aromatic rings. The van der Waals surface area contributed by atoms with Crippen molar-refractivity contribution in [1.29, 1.82) is 0 Å². The molecule has 1 N–H and O–H groups in total. The molecule has 0 aliphatic carbocycles. The van der Waals surface area contributed by atoms with Gasteiger partial charge >= 0.3 is 0 Å². The van der Waals surface area contributed by atoms with Gasteiger partial charge in [-0.25, -0.2) is 5.43 Å². The highest BCUT2D eigenvalue weighted by Crippen LogP contribution is 2.09. The Kier molecular flexibility index (Phi) is 4.93. The largest absolute Gasteiger partial charge is 0.469 e. The van der Waals surface area contributed by atoms with Crippen LogP contribution in [0.5, 0.6) is 0 Å². The molecule has 1 aromatic heterocycles. The smallest absolute Gasteiger partial charge is 0.274 e. The Morgan fingerprint density at radius 1 is 1.24 bits per heavy atom. The van der Waals surface area contributed by atoms with E-state index < -0.39 is 0 Å². The minimum absolute atomic E-state index is 0.261. The van der Waals surface area contributed by atoms with E-state index in [-0.39, 0.29) is 5.91 Å². The molecule has 0 radical (unpaired) electrons. The van der Waals surface area contributed by atoms with Crippen molar-refractivity contribution >= 4 is 11.6 Å². The molecule has 0 saturated carbocycles. The first kappa shape index (κ1) is 15.0. The van der Waals surface area contributed by atoms with Crippen LogP contribution in [0.15, 0.2) is 46.1 Å². The van der Waals surface area contributed by atoms with Gasteiger partial charge in [0.25, 0.3) is 5.91 Å². The molecule has 0 fully saturated rings. The molecule has 0 aliphatic heterocycles. The Hall–Kier alpha value is -2.36. The second-order valence-electron chi connectivity index (χ2n) is 4.98. The van der Waals surface area contributed by atoms with Crippen molar-refractivity contribution in [3.8, 4) is 0 Å². The SMILES string of the molecule is CCCc1ccc(/C(C)=N/NC(=O)c2ccoc2C)cc1. The lowest BCUT2D eigenvalue weighted by Crippen LogP contribution is -2.19. The minimum atomic E-state index is -0.261. The first-order valence-corrected chi connectivity index (χ1v) is 7.10. The molecule has 0 atom stereocenters. The highest BCUT2D eigenvalue weighted by molar-refractivity contribution is 6.01. The van der Waals surface area contributed by atoms with E-state index in [0.717, 1.165) is 24.1 Å². The number of amides is 1. The molecule has 0 saturated heterocycles. The summed E-state index contributed by atoms with van der Waals surface area (Å²) < 4.78 is 5.10. The summed E-state index contributed by atoms with van der Waals surface area (Å²) in [4.78, 5) is 11.9. The molecular weight excluding hydrogens is 264 g/mol. The van der Waals surface area contributed by atoms with Crippen molar-refractivity contribution in [3.05, 3.63) is 59.0 Å². The Morgan fingerprint density at radius 3 is 2.52 bits per heavy atom. The van der Waals surface area contributed by atoms with Gasteiger partial charge in [-0.1, -0.05) is 37.6 Å². The topological polar surface area (TPSA) is 54.6 Å². The number of nitrogens with one attached hydrogen (secondary N) is 1. The number of hydrogen-bond acceptors (Lipinski definition) is 3. The Balaban J connectivity index is 2.04. The Bertz CT molecular complexity index is 639. The molecule has 21 heavy (non-hydrogen) atoms. The number of furan rings is 1. The molecular formula is C17H20N2O2. The van der Waals surface area contributed by atoms with Crippen LogP contribution in [-0.2, 0) is 6.42 Å². The first-order valence-electron chi connectivity index (χ1n) is 7.10. The van der Waals surface area contributed by atoms with Crippen LogP contribution in [0.1, 0.15) is 47.5 Å². The van der Waals surface area contributed by atoms with Crippen LogP contribution in [0.2, 0.25) is 0 Å². The van der Waals surface area contributed by atoms with Crippen molar-refractivity contribution in [3.63, 3.8) is 0 Å². The number of hydrogen-bond donors (Lipinski definition) is 1. The summed E-state index contributed by atoms with van der Waals surface area (Å²) in [5.74, 6) is 0.326. The predicted octanol–water partition coefficient (Wildman–Crippen LogP) is 3.69. The second-order valence-corrected chi connectivity index (χ2v) is 4.98. The van der Waals surface area contributed by atoms with E-state index in [2.05, 4.69) is 29.6 Å². The van der Waals surface area contributed by atoms with E-state index in [1.807, 2.05) is 19.1 Å². The molecule has 0 aliphatic rings. The van der Waals surface area contributed by atoms with Crippen molar-refractivity contribution < 1.29 is 9.21 Å². The van der Waals surface area contributed by atoms with Gasteiger partial charge in [-0.05, 0) is 37.5 Å². The standard InChI is InChI=1S/C17H20N2O2/c1-4-5-14-6-8-15(9-7-14)12(2)18-19-17(20)16-10-11-21-13(16)3/h6-11H,4-5H2,1-3H3,(H,19,20)/b18-12+. The zero-order valence-electron chi connectivity index (χ0n) is 12.6. The van der Waals surface area contributed by atoms with Crippen LogP contribution < -0.4 is 5.43 Å². The molecule has 4 heteroatoms. The molecule has 2 rings (SSSR count). The Labute approximate surface area is 124 Å². The highest BCUT2D eigenvalue weighted by Gasteiger charge is 2.10. The highest BCUT2D eigenvalue weighted by atomic mass is 16.3. The van der Waals surface area contributed by atoms with Crippen molar-refractivity contribution in [2.24, 2.45) is 5.10 Å². The van der Waals surface area contributed by atoms with Crippen molar-refractivity contribution in [1.82, 2.24) is 5.43 Å². The average molecular weight is 284 g/mol. The zero-order valence-corrected chi connectivity index (χ0v) is 12.6. The maximum Gasteiger partial charge on any atom is 0.274 e. The van der Waals surface area contributed by atoms with Crippen LogP contribution in [0.4, 0.5) is 0 Å². The molecule has 0 unspecified atom stereocenters. The molecule has 4 nitrogen and oxygen atoms in total. The van der Waals surface area contributed by atoms with Crippen LogP contribution >= 0.6 is 0 Å². The second kappa shape index (κ2) is 6.88. The predicted molar refractivity (Wildman–Crippen MR) is 83.6 cm³/mol. The number of carbonyl (C=O) groups excluding carboxylic acids is 1. The number of carbonyl (C=O) groups is 1. The van der Waals surface area contributed by atoms with E-state index in [4.69, 9.17) is 4.42 Å². The number of rotatable bonds is 5. The summed E-state index contributed by atoms with van der Waals surface area (Å²) in [7, 11) is 0. The van der Waals surface area contributed by atoms with E-state index >= 15 is 0 Å². The third-order valence-electron chi connectivity index (χ3n) is 3.34. The van der Waals surface area contributed by atoms with Gasteiger partial charge in [0.05, 0.1) is 17.5 Å². The van der Waals surface area contributed by atoms with Gasteiger partial charge in [0, 0.05) is 0 Å². The maximum absolute atomic E-state index is 11.9. The molecule has 110 valence electrons. The van der Waals surface area contributed by atoms with Crippen LogP contribution in [0.3, 0.4) is 0 Å². The summed E-state index contributed by atoms with van der Waals surface area (Å²) in [6.07, 6.45) is 3.70. The van der Waals surface area contributed by atoms with Crippen LogP contribution in [0, 0.1) is 6.92 Å². The summed E-state index contributed by atoms with van der Waals surface area (Å²) in [5, 5.41) is 4.14. The van der Waals surface area contributed by atoms with Crippen LogP contribution in [0.25, 0.3) is 0 Å². The number of hydrazone groups is 1. The van der Waals surface area contributed by atoms with E-state index in [9.17, 15) is 4.79 Å². The summed E-state index contributed by atoms with van der Waals surface area (Å²) in [6, 6.07) is 9.88. The van der Waals surface area contributed by atoms with Crippen molar-refractivity contribution in [2.75, 3.05) is 0 Å². The summed E-state index contributed by atoms with van der Waals surface area (Å²) in [6.45, 7) is 5.78. The maximum atomic E-state index is 11.9. The Morgan fingerprint density at radius 2 is 1.95 bits per heavy atom. The number of aryl methyl sites for hydroxylation is 2. The van der Waals surface area contributed by atoms with E-state index in [0.29, 0.717) is 11.3 Å². The molecule has 1 amide bonds. The summed E-state index contributed by atoms with van der Waals surface area (Å²) >= 11 is 0. The third-order valence-corrected chi connectivity index (χ3v) is 3.34. The molecule has 0 bridgehead atoms. The quantitative estimate of drug-likeness (QED) is 0.672. The molecule has 1 aromatic carbocycles. The molecule has 1 heterocycles. The van der Waals surface area contributed by atoms with Gasteiger partial charge in [-0.3, -0.25) is 4.79 Å². The number of nitrogens with zero attached hydrogens (tertiary/aromatic N) is 1. The monoisotopic (exact) mass is 284 g/mol. The first-order chi connectivity index (χ1) is 10.1. The number of benzene rings is 1. The van der Waals surface area contributed by atoms with Crippen molar-refractivity contribution in [2.45, 2.75) is 33.6 Å². The lowest BCUT2D eigenvalue weighted by molar-refractivity contribution is 0.0953. The van der Waals surface area contributed by atoms with Gasteiger partial charge in [0.2, 0.25) is 0 Å². The lowest BCUT2D eigenvalue weighted by atomic mass is 10.1. The van der Waals surface area contributed by atoms with E-state index in [1.54, 1.807) is 13.0 Å². The van der Waals surface area contributed by atoms with Gasteiger partial charge in [0.15, 0.2) is 0 Å². The van der Waals surface area contributed by atoms with Gasteiger partial charge in [0.1, 0.15) is 5.76 Å². The fourth-order valence-electron chi connectivity index (χ4n) is 2.08. The fraction of sp³-hybridized carbons (Fsp3) is 0.294. The third kappa shape index (κ3) is 3.81. The minimum Gasteiger partial charge on any atom is -0.469 e. The van der Waals surface area contributed by atoms with Gasteiger partial charge < -0.3 is 4.42 Å². The van der Waals surface area contributed by atoms with Gasteiger partial charge in [-0.2, -0.15) is 5.10 Å². The van der Waals surface area contributed by atoms with E-state index in [1.165, 1.54) is 11.8 Å². The molecule has 0 spiro atoms. The summed E-state index contributed by atoms with van der Waals surface area (Å²) in [5.41, 5.74) is 6.14. The van der Waals surface area contributed by atoms with Crippen LogP contribution in [-0.4, -0.2) is 11.6 Å². The lowest BCUT2D eigenvalue weighted by Gasteiger charge is -2.04. The average Bonchev–Trinajstić information content (AvgIpc) is 2.92.